The molecular weight excluding hydrogens is 364 g/mol. The quantitative estimate of drug-likeness (QED) is 0.663. The second kappa shape index (κ2) is 7.48. The third-order valence-electron chi connectivity index (χ3n) is 5.70. The Morgan fingerprint density at radius 1 is 1.03 bits per heavy atom. The van der Waals surface area contributed by atoms with Gasteiger partial charge in [0.25, 0.3) is 5.91 Å². The lowest BCUT2D eigenvalue weighted by molar-refractivity contribution is 0.0722. The molecule has 2 heterocycles. The minimum absolute atomic E-state index is 0.110. The summed E-state index contributed by atoms with van der Waals surface area (Å²) in [6, 6.07) is 13.1. The molecular formula is C24H26N2O3. The molecule has 0 unspecified atom stereocenters. The summed E-state index contributed by atoms with van der Waals surface area (Å²) in [7, 11) is 4.02. The molecule has 1 amide bonds. The zero-order chi connectivity index (χ0) is 20.7. The molecule has 0 aliphatic carbocycles. The molecule has 0 saturated heterocycles. The maximum atomic E-state index is 13.5. The minimum atomic E-state index is -0.414. The highest BCUT2D eigenvalue weighted by Crippen LogP contribution is 2.38. The van der Waals surface area contributed by atoms with Crippen molar-refractivity contribution in [3.05, 3.63) is 80.7 Å². The Morgan fingerprint density at radius 3 is 2.41 bits per heavy atom. The van der Waals surface area contributed by atoms with Gasteiger partial charge in [0.15, 0.2) is 5.43 Å². The first kappa shape index (κ1) is 19.4. The second-order valence-electron chi connectivity index (χ2n) is 8.08. The average molecular weight is 390 g/mol. The summed E-state index contributed by atoms with van der Waals surface area (Å²) in [5.41, 5.74) is 3.83. The standard InChI is InChI=1S/C24H26N2O3/c1-15-13-18-19(14-16(15)2)29-23-20(22(18)27)21(17-9-6-5-7-10-17)26(24(23)28)12-8-11-25(3)4/h5-7,9-10,13-14,21H,8,11-12H2,1-4H3/t21-/m0/s1. The fourth-order valence-corrected chi connectivity index (χ4v) is 4.05. The first-order valence-corrected chi connectivity index (χ1v) is 9.97. The summed E-state index contributed by atoms with van der Waals surface area (Å²) in [6.07, 6.45) is 0.821. The van der Waals surface area contributed by atoms with Crippen LogP contribution in [0.15, 0.2) is 51.7 Å². The zero-order valence-corrected chi connectivity index (χ0v) is 17.4. The Hall–Kier alpha value is -2.92. The molecule has 1 aliphatic heterocycles. The molecule has 1 aliphatic rings. The van der Waals surface area contributed by atoms with Crippen LogP contribution >= 0.6 is 0 Å². The second-order valence-corrected chi connectivity index (χ2v) is 8.08. The van der Waals surface area contributed by atoms with Crippen molar-refractivity contribution in [3.8, 4) is 0 Å². The van der Waals surface area contributed by atoms with E-state index in [1.54, 1.807) is 4.90 Å². The highest BCUT2D eigenvalue weighted by molar-refractivity contribution is 5.99. The molecule has 0 saturated carbocycles. The van der Waals surface area contributed by atoms with Gasteiger partial charge in [-0.05, 0) is 69.7 Å². The number of carbonyl (C=O) groups excluding carboxylic acids is 1. The van der Waals surface area contributed by atoms with E-state index in [4.69, 9.17) is 4.42 Å². The van der Waals surface area contributed by atoms with Crippen molar-refractivity contribution in [2.75, 3.05) is 27.2 Å². The third kappa shape index (κ3) is 3.36. The molecule has 1 aromatic heterocycles. The average Bonchev–Trinajstić information content (AvgIpc) is 2.97. The third-order valence-corrected chi connectivity index (χ3v) is 5.70. The van der Waals surface area contributed by atoms with Crippen LogP contribution in [0.5, 0.6) is 0 Å². The van der Waals surface area contributed by atoms with Gasteiger partial charge in [0, 0.05) is 6.54 Å². The van der Waals surface area contributed by atoms with Crippen molar-refractivity contribution in [2.24, 2.45) is 0 Å². The summed E-state index contributed by atoms with van der Waals surface area (Å²) in [5.74, 6) is -0.0192. The van der Waals surface area contributed by atoms with E-state index in [0.29, 0.717) is 23.1 Å². The van der Waals surface area contributed by atoms with Crippen LogP contribution in [0.4, 0.5) is 0 Å². The van der Waals surface area contributed by atoms with Crippen LogP contribution in [-0.2, 0) is 0 Å². The first-order chi connectivity index (χ1) is 13.9. The van der Waals surface area contributed by atoms with Gasteiger partial charge < -0.3 is 14.2 Å². The lowest BCUT2D eigenvalue weighted by Gasteiger charge is -2.25. The van der Waals surface area contributed by atoms with Gasteiger partial charge in [-0.15, -0.1) is 0 Å². The van der Waals surface area contributed by atoms with E-state index >= 15 is 0 Å². The number of benzene rings is 2. The molecule has 0 radical (unpaired) electrons. The molecule has 150 valence electrons. The molecule has 0 fully saturated rings. The lowest BCUT2D eigenvalue weighted by atomic mass is 9.97. The van der Waals surface area contributed by atoms with Gasteiger partial charge in [-0.25, -0.2) is 0 Å². The number of hydrogen-bond donors (Lipinski definition) is 0. The van der Waals surface area contributed by atoms with Crippen LogP contribution in [-0.4, -0.2) is 42.9 Å². The summed E-state index contributed by atoms with van der Waals surface area (Å²) in [4.78, 5) is 30.7. The van der Waals surface area contributed by atoms with Crippen molar-refractivity contribution in [3.63, 3.8) is 0 Å². The first-order valence-electron chi connectivity index (χ1n) is 9.97. The SMILES string of the molecule is Cc1cc2oc3c(c(=O)c2cc1C)[C@H](c1ccccc1)N(CCCN(C)C)C3=O. The highest BCUT2D eigenvalue weighted by atomic mass is 16.3. The zero-order valence-electron chi connectivity index (χ0n) is 17.4. The van der Waals surface area contributed by atoms with Crippen LogP contribution < -0.4 is 5.43 Å². The molecule has 29 heavy (non-hydrogen) atoms. The molecule has 5 heteroatoms. The smallest absolute Gasteiger partial charge is 0.290 e. The molecule has 4 rings (SSSR count). The fourth-order valence-electron chi connectivity index (χ4n) is 4.05. The van der Waals surface area contributed by atoms with Crippen molar-refractivity contribution < 1.29 is 9.21 Å². The van der Waals surface area contributed by atoms with Gasteiger partial charge in [0.1, 0.15) is 5.58 Å². The number of aryl methyl sites for hydroxylation is 2. The maximum absolute atomic E-state index is 13.5. The number of nitrogens with zero attached hydrogens (tertiary/aromatic N) is 2. The van der Waals surface area contributed by atoms with Gasteiger partial charge in [0.2, 0.25) is 5.76 Å². The number of carbonyl (C=O) groups is 1. The molecule has 0 spiro atoms. The van der Waals surface area contributed by atoms with Crippen molar-refractivity contribution in [1.82, 2.24) is 9.80 Å². The van der Waals surface area contributed by atoms with E-state index in [0.717, 1.165) is 29.7 Å². The Balaban J connectivity index is 1.89. The van der Waals surface area contributed by atoms with E-state index in [1.807, 2.05) is 70.4 Å². The van der Waals surface area contributed by atoms with Crippen LogP contribution in [0.1, 0.15) is 45.3 Å². The van der Waals surface area contributed by atoms with Crippen molar-refractivity contribution >= 4 is 16.9 Å². The van der Waals surface area contributed by atoms with E-state index in [-0.39, 0.29) is 17.1 Å². The normalized spacial score (nSPS) is 16.1. The van der Waals surface area contributed by atoms with Crippen LogP contribution in [0.25, 0.3) is 11.0 Å². The number of amides is 1. The monoisotopic (exact) mass is 390 g/mol. The molecule has 2 aromatic carbocycles. The lowest BCUT2D eigenvalue weighted by Crippen LogP contribution is -2.32. The molecule has 1 atom stereocenters. The van der Waals surface area contributed by atoms with Crippen LogP contribution in [0.2, 0.25) is 0 Å². The van der Waals surface area contributed by atoms with Gasteiger partial charge in [-0.2, -0.15) is 0 Å². The predicted octanol–water partition coefficient (Wildman–Crippen LogP) is 3.91. The van der Waals surface area contributed by atoms with Gasteiger partial charge in [-0.1, -0.05) is 30.3 Å². The molecule has 5 nitrogen and oxygen atoms in total. The number of rotatable bonds is 5. The van der Waals surface area contributed by atoms with Crippen LogP contribution in [0.3, 0.4) is 0 Å². The van der Waals surface area contributed by atoms with Crippen molar-refractivity contribution in [2.45, 2.75) is 26.3 Å². The fraction of sp³-hybridized carbons (Fsp3) is 0.333. The van der Waals surface area contributed by atoms with Gasteiger partial charge >= 0.3 is 0 Å². The minimum Gasteiger partial charge on any atom is -0.450 e. The summed E-state index contributed by atoms with van der Waals surface area (Å²) in [5, 5.41) is 0.538. The summed E-state index contributed by atoms with van der Waals surface area (Å²) >= 11 is 0. The van der Waals surface area contributed by atoms with Gasteiger partial charge in [0.05, 0.1) is 17.0 Å². The topological polar surface area (TPSA) is 53.8 Å². The number of hydrogen-bond acceptors (Lipinski definition) is 4. The van der Waals surface area contributed by atoms with Crippen molar-refractivity contribution in [1.29, 1.82) is 0 Å². The Bertz CT molecular complexity index is 1130. The van der Waals surface area contributed by atoms with E-state index in [2.05, 4.69) is 4.90 Å². The molecule has 0 bridgehead atoms. The Kier molecular flexibility index (Phi) is 5.01. The largest absolute Gasteiger partial charge is 0.450 e. The van der Waals surface area contributed by atoms with E-state index < -0.39 is 6.04 Å². The Labute approximate surface area is 170 Å². The summed E-state index contributed by atoms with van der Waals surface area (Å²) in [6.45, 7) is 5.39. The maximum Gasteiger partial charge on any atom is 0.290 e. The van der Waals surface area contributed by atoms with Crippen LogP contribution in [0, 0.1) is 13.8 Å². The molecule has 3 aromatic rings. The van der Waals surface area contributed by atoms with E-state index in [1.165, 1.54) is 0 Å². The molecule has 0 N–H and O–H groups in total. The van der Waals surface area contributed by atoms with Gasteiger partial charge in [-0.3, -0.25) is 9.59 Å². The number of fused-ring (bicyclic) bond motifs is 2. The van der Waals surface area contributed by atoms with E-state index in [9.17, 15) is 9.59 Å². The highest BCUT2D eigenvalue weighted by Gasteiger charge is 2.42. The predicted molar refractivity (Wildman–Crippen MR) is 114 cm³/mol. The summed E-state index contributed by atoms with van der Waals surface area (Å²) < 4.78 is 6.04. The Morgan fingerprint density at radius 2 is 1.72 bits per heavy atom.